The van der Waals surface area contributed by atoms with Gasteiger partial charge in [0.2, 0.25) is 11.8 Å². The number of nitrogens with two attached hydrogens (primary N) is 2. The molecule has 122 valence electrons. The van der Waals surface area contributed by atoms with Crippen LogP contribution in [-0.2, 0) is 9.59 Å². The molecule has 0 atom stereocenters. The molecule has 0 aromatic carbocycles. The molecule has 0 heterocycles. The van der Waals surface area contributed by atoms with Crippen LogP contribution in [0.4, 0.5) is 0 Å². The van der Waals surface area contributed by atoms with Crippen LogP contribution < -0.4 is 11.5 Å². The molecule has 0 bridgehead atoms. The van der Waals surface area contributed by atoms with Crippen molar-refractivity contribution < 1.29 is 14.8 Å². The third kappa shape index (κ3) is 4.61. The molecule has 5 N–H and O–H groups in total. The summed E-state index contributed by atoms with van der Waals surface area (Å²) >= 11 is 0. The molecular weight excluding hydrogens is 272 g/mol. The summed E-state index contributed by atoms with van der Waals surface area (Å²) in [4.78, 5) is 25.6. The van der Waals surface area contributed by atoms with E-state index in [0.29, 0.717) is 25.7 Å². The van der Waals surface area contributed by atoms with Gasteiger partial charge in [-0.15, -0.1) is 0 Å². The average molecular weight is 300 g/mol. The van der Waals surface area contributed by atoms with Gasteiger partial charge in [-0.05, 0) is 26.7 Å². The number of hydrogen-bond donors (Lipinski definition) is 3. The molecule has 0 aliphatic rings. The summed E-state index contributed by atoms with van der Waals surface area (Å²) in [5.41, 5.74) is 9.97. The number of oxime groups is 1. The standard InChI is InChI=1S/C14H28N4O3/c1-5-7-14(8-6-2,12(16)17-21)13(20)18(10(3)4)9-11(15)19/h10,21H,5-9H2,1-4H3,(H2,15,19)(H2,16,17). The quantitative estimate of drug-likeness (QED) is 0.255. The van der Waals surface area contributed by atoms with Crippen LogP contribution in [0.25, 0.3) is 0 Å². The van der Waals surface area contributed by atoms with Crippen LogP contribution in [-0.4, -0.2) is 40.3 Å². The van der Waals surface area contributed by atoms with E-state index in [1.165, 1.54) is 4.90 Å². The highest BCUT2D eigenvalue weighted by Gasteiger charge is 2.44. The van der Waals surface area contributed by atoms with Gasteiger partial charge in [0, 0.05) is 6.04 Å². The molecular formula is C14H28N4O3. The Hall–Kier alpha value is -1.79. The van der Waals surface area contributed by atoms with Crippen molar-refractivity contribution in [3.05, 3.63) is 0 Å². The van der Waals surface area contributed by atoms with Crippen LogP contribution in [0.3, 0.4) is 0 Å². The highest BCUT2D eigenvalue weighted by molar-refractivity contribution is 6.07. The van der Waals surface area contributed by atoms with Gasteiger partial charge in [-0.1, -0.05) is 31.8 Å². The van der Waals surface area contributed by atoms with Gasteiger partial charge in [-0.25, -0.2) is 0 Å². The Morgan fingerprint density at radius 2 is 1.67 bits per heavy atom. The lowest BCUT2D eigenvalue weighted by molar-refractivity contribution is -0.143. The first-order chi connectivity index (χ1) is 9.76. The lowest BCUT2D eigenvalue weighted by Gasteiger charge is -2.37. The molecule has 0 saturated heterocycles. The molecule has 0 fully saturated rings. The fourth-order valence-corrected chi connectivity index (χ4v) is 2.59. The predicted octanol–water partition coefficient (Wildman–Crippen LogP) is 1.04. The molecule has 2 amide bonds. The lowest BCUT2D eigenvalue weighted by atomic mass is 9.76. The third-order valence-corrected chi connectivity index (χ3v) is 3.57. The summed E-state index contributed by atoms with van der Waals surface area (Å²) in [6, 6.07) is -0.204. The van der Waals surface area contributed by atoms with E-state index in [4.69, 9.17) is 16.7 Å². The molecule has 0 aliphatic heterocycles. The Balaban J connectivity index is 5.76. The van der Waals surface area contributed by atoms with Gasteiger partial charge in [0.1, 0.15) is 5.41 Å². The van der Waals surface area contributed by atoms with Gasteiger partial charge in [0.25, 0.3) is 0 Å². The second-order valence-corrected chi connectivity index (χ2v) is 5.56. The zero-order valence-electron chi connectivity index (χ0n) is 13.4. The topological polar surface area (TPSA) is 122 Å². The molecule has 0 saturated carbocycles. The SMILES string of the molecule is CCCC(CCC)(C(=O)N(CC(N)=O)C(C)C)C(N)=NO. The van der Waals surface area contributed by atoms with E-state index >= 15 is 0 Å². The fraction of sp³-hybridized carbons (Fsp3) is 0.786. The Morgan fingerprint density at radius 3 is 1.95 bits per heavy atom. The maximum absolute atomic E-state index is 13.0. The van der Waals surface area contributed by atoms with Crippen molar-refractivity contribution in [2.24, 2.45) is 22.0 Å². The minimum absolute atomic E-state index is 0.105. The first kappa shape index (κ1) is 19.2. The van der Waals surface area contributed by atoms with E-state index in [-0.39, 0.29) is 24.3 Å². The number of rotatable bonds is 9. The number of carbonyl (C=O) groups excluding carboxylic acids is 2. The van der Waals surface area contributed by atoms with Crippen molar-refractivity contribution in [2.75, 3.05) is 6.54 Å². The number of amides is 2. The Labute approximate surface area is 126 Å². The lowest BCUT2D eigenvalue weighted by Crippen LogP contribution is -2.55. The van der Waals surface area contributed by atoms with Crippen LogP contribution in [0.15, 0.2) is 5.16 Å². The van der Waals surface area contributed by atoms with Crippen LogP contribution in [0.5, 0.6) is 0 Å². The average Bonchev–Trinajstić information content (AvgIpc) is 2.42. The van der Waals surface area contributed by atoms with E-state index in [1.54, 1.807) is 13.8 Å². The third-order valence-electron chi connectivity index (χ3n) is 3.57. The maximum atomic E-state index is 13.0. The van der Waals surface area contributed by atoms with Gasteiger partial charge in [-0.2, -0.15) is 0 Å². The number of hydrogen-bond acceptors (Lipinski definition) is 4. The van der Waals surface area contributed by atoms with Crippen molar-refractivity contribution >= 4 is 17.6 Å². The molecule has 0 unspecified atom stereocenters. The Kier molecular flexibility index (Phi) is 7.76. The van der Waals surface area contributed by atoms with Gasteiger partial charge in [0.15, 0.2) is 5.84 Å². The molecule has 0 aromatic rings. The second kappa shape index (κ2) is 8.49. The minimum atomic E-state index is -1.09. The maximum Gasteiger partial charge on any atom is 0.237 e. The van der Waals surface area contributed by atoms with Gasteiger partial charge in [0.05, 0.1) is 6.54 Å². The van der Waals surface area contributed by atoms with Crippen molar-refractivity contribution in [1.82, 2.24) is 4.90 Å². The highest BCUT2D eigenvalue weighted by atomic mass is 16.4. The van der Waals surface area contributed by atoms with Gasteiger partial charge >= 0.3 is 0 Å². The number of primary amides is 1. The summed E-state index contributed by atoms with van der Waals surface area (Å²) < 4.78 is 0. The molecule has 0 rings (SSSR count). The zero-order chi connectivity index (χ0) is 16.6. The summed E-state index contributed by atoms with van der Waals surface area (Å²) in [5, 5.41) is 12.1. The highest BCUT2D eigenvalue weighted by Crippen LogP contribution is 2.33. The zero-order valence-corrected chi connectivity index (χ0v) is 13.4. The molecule has 7 nitrogen and oxygen atoms in total. The van der Waals surface area contributed by atoms with Gasteiger partial charge in [-0.3, -0.25) is 9.59 Å². The van der Waals surface area contributed by atoms with E-state index in [2.05, 4.69) is 5.16 Å². The molecule has 0 spiro atoms. The minimum Gasteiger partial charge on any atom is -0.409 e. The number of carbonyl (C=O) groups is 2. The van der Waals surface area contributed by atoms with Crippen LogP contribution >= 0.6 is 0 Å². The van der Waals surface area contributed by atoms with E-state index < -0.39 is 11.3 Å². The molecule has 21 heavy (non-hydrogen) atoms. The summed E-state index contributed by atoms with van der Waals surface area (Å²) in [6.45, 7) is 7.28. The van der Waals surface area contributed by atoms with E-state index in [9.17, 15) is 9.59 Å². The van der Waals surface area contributed by atoms with Crippen molar-refractivity contribution in [2.45, 2.75) is 59.4 Å². The van der Waals surface area contributed by atoms with Gasteiger partial charge < -0.3 is 21.6 Å². The molecule has 7 heteroatoms. The summed E-state index contributed by atoms with van der Waals surface area (Å²) in [6.07, 6.45) is 2.31. The Morgan fingerprint density at radius 1 is 1.19 bits per heavy atom. The molecule has 0 aromatic heterocycles. The smallest absolute Gasteiger partial charge is 0.237 e. The number of amidine groups is 1. The van der Waals surface area contributed by atoms with Crippen LogP contribution in [0, 0.1) is 5.41 Å². The first-order valence-corrected chi connectivity index (χ1v) is 7.34. The molecule has 0 radical (unpaired) electrons. The summed E-state index contributed by atoms with van der Waals surface area (Å²) in [5.74, 6) is -1.000. The second-order valence-electron chi connectivity index (χ2n) is 5.56. The van der Waals surface area contributed by atoms with E-state index in [1.807, 2.05) is 13.8 Å². The van der Waals surface area contributed by atoms with Crippen LogP contribution in [0.2, 0.25) is 0 Å². The van der Waals surface area contributed by atoms with E-state index in [0.717, 1.165) is 0 Å². The first-order valence-electron chi connectivity index (χ1n) is 7.34. The summed E-state index contributed by atoms with van der Waals surface area (Å²) in [7, 11) is 0. The monoisotopic (exact) mass is 300 g/mol. The van der Waals surface area contributed by atoms with Crippen molar-refractivity contribution in [3.8, 4) is 0 Å². The Bertz CT molecular complexity index is 388. The predicted molar refractivity (Wildman–Crippen MR) is 81.7 cm³/mol. The van der Waals surface area contributed by atoms with Crippen LogP contribution in [0.1, 0.15) is 53.4 Å². The fourth-order valence-electron chi connectivity index (χ4n) is 2.59. The van der Waals surface area contributed by atoms with Crippen molar-refractivity contribution in [1.29, 1.82) is 0 Å². The normalized spacial score (nSPS) is 12.5. The van der Waals surface area contributed by atoms with Crippen molar-refractivity contribution in [3.63, 3.8) is 0 Å². The largest absolute Gasteiger partial charge is 0.409 e. The molecule has 0 aliphatic carbocycles. The number of nitrogens with zero attached hydrogens (tertiary/aromatic N) is 2.